The largest absolute Gasteiger partial charge is 0.475 e. The van der Waals surface area contributed by atoms with E-state index in [1.807, 2.05) is 19.9 Å². The van der Waals surface area contributed by atoms with Gasteiger partial charge >= 0.3 is 0 Å². The van der Waals surface area contributed by atoms with Gasteiger partial charge in [0, 0.05) is 12.6 Å². The maximum Gasteiger partial charge on any atom is 0.218 e. The van der Waals surface area contributed by atoms with Gasteiger partial charge in [-0.25, -0.2) is 9.97 Å². The van der Waals surface area contributed by atoms with Crippen molar-refractivity contribution in [1.29, 1.82) is 0 Å². The van der Waals surface area contributed by atoms with Crippen LogP contribution >= 0.6 is 0 Å². The summed E-state index contributed by atoms with van der Waals surface area (Å²) in [5, 5.41) is 3.34. The quantitative estimate of drug-likeness (QED) is 0.756. The van der Waals surface area contributed by atoms with Crippen molar-refractivity contribution in [3.63, 3.8) is 0 Å². The molecule has 1 rings (SSSR count). The van der Waals surface area contributed by atoms with E-state index in [4.69, 9.17) is 10.5 Å². The standard InChI is InChI=1S/C14H26N4O/c1-5-14(6-2,8-15)9-16-12-7-13(18-10-17-12)19-11(3)4/h7,10-11H,5-6,8-9,15H2,1-4H3,(H,16,17,18). The minimum atomic E-state index is 0.108. The minimum absolute atomic E-state index is 0.108. The van der Waals surface area contributed by atoms with Gasteiger partial charge in [0.05, 0.1) is 6.10 Å². The fourth-order valence-corrected chi connectivity index (χ4v) is 1.88. The van der Waals surface area contributed by atoms with E-state index < -0.39 is 0 Å². The normalized spacial score (nSPS) is 11.7. The molecular formula is C14H26N4O. The molecule has 0 fully saturated rings. The van der Waals surface area contributed by atoms with Crippen LogP contribution in [-0.2, 0) is 0 Å². The molecular weight excluding hydrogens is 240 g/mol. The summed E-state index contributed by atoms with van der Waals surface area (Å²) in [5.41, 5.74) is 6.02. The van der Waals surface area contributed by atoms with Crippen LogP contribution < -0.4 is 15.8 Å². The first-order chi connectivity index (χ1) is 9.05. The summed E-state index contributed by atoms with van der Waals surface area (Å²) in [4.78, 5) is 8.30. The first kappa shape index (κ1) is 15.7. The van der Waals surface area contributed by atoms with Crippen molar-refractivity contribution in [3.05, 3.63) is 12.4 Å². The van der Waals surface area contributed by atoms with Crippen LogP contribution in [0.4, 0.5) is 5.82 Å². The number of nitrogens with two attached hydrogens (primary N) is 1. The van der Waals surface area contributed by atoms with Crippen LogP contribution in [0.25, 0.3) is 0 Å². The minimum Gasteiger partial charge on any atom is -0.475 e. The highest BCUT2D eigenvalue weighted by atomic mass is 16.5. The Kier molecular flexibility index (Phi) is 6.02. The second-order valence-corrected chi connectivity index (χ2v) is 5.17. The smallest absolute Gasteiger partial charge is 0.218 e. The fraction of sp³-hybridized carbons (Fsp3) is 0.714. The summed E-state index contributed by atoms with van der Waals surface area (Å²) < 4.78 is 5.55. The summed E-state index contributed by atoms with van der Waals surface area (Å²) >= 11 is 0. The predicted octanol–water partition coefficient (Wildman–Crippen LogP) is 2.44. The highest BCUT2D eigenvalue weighted by Crippen LogP contribution is 2.25. The number of nitrogens with zero attached hydrogens (tertiary/aromatic N) is 2. The number of rotatable bonds is 8. The molecule has 3 N–H and O–H groups in total. The third-order valence-electron chi connectivity index (χ3n) is 3.58. The van der Waals surface area contributed by atoms with Gasteiger partial charge in [0.2, 0.25) is 5.88 Å². The molecule has 0 aliphatic rings. The van der Waals surface area contributed by atoms with Crippen LogP contribution in [-0.4, -0.2) is 29.2 Å². The summed E-state index contributed by atoms with van der Waals surface area (Å²) in [6.45, 7) is 9.78. The fourth-order valence-electron chi connectivity index (χ4n) is 1.88. The molecule has 5 heteroatoms. The van der Waals surface area contributed by atoms with Crippen molar-refractivity contribution in [2.45, 2.75) is 46.6 Å². The highest BCUT2D eigenvalue weighted by Gasteiger charge is 2.24. The molecule has 1 aromatic heterocycles. The highest BCUT2D eigenvalue weighted by molar-refractivity contribution is 5.37. The van der Waals surface area contributed by atoms with Gasteiger partial charge in [0.25, 0.3) is 0 Å². The van der Waals surface area contributed by atoms with Gasteiger partial charge in [0.1, 0.15) is 12.1 Å². The first-order valence-electron chi connectivity index (χ1n) is 6.98. The summed E-state index contributed by atoms with van der Waals surface area (Å²) in [7, 11) is 0. The number of hydrogen-bond acceptors (Lipinski definition) is 5. The number of nitrogens with one attached hydrogen (secondary N) is 1. The SMILES string of the molecule is CCC(CC)(CN)CNc1cc(OC(C)C)ncn1. The van der Waals surface area contributed by atoms with E-state index in [9.17, 15) is 0 Å². The lowest BCUT2D eigenvalue weighted by Crippen LogP contribution is -2.36. The lowest BCUT2D eigenvalue weighted by molar-refractivity contribution is 0.232. The Morgan fingerprint density at radius 3 is 2.53 bits per heavy atom. The van der Waals surface area contributed by atoms with Crippen molar-refractivity contribution in [2.75, 3.05) is 18.4 Å². The Hall–Kier alpha value is -1.36. The van der Waals surface area contributed by atoms with Gasteiger partial charge < -0.3 is 15.8 Å². The Morgan fingerprint density at radius 1 is 1.32 bits per heavy atom. The van der Waals surface area contributed by atoms with Crippen molar-refractivity contribution in [1.82, 2.24) is 9.97 Å². The second-order valence-electron chi connectivity index (χ2n) is 5.17. The molecule has 5 nitrogen and oxygen atoms in total. The van der Waals surface area contributed by atoms with Gasteiger partial charge in [-0.05, 0) is 38.6 Å². The van der Waals surface area contributed by atoms with Crippen LogP contribution in [0.5, 0.6) is 5.88 Å². The van der Waals surface area contributed by atoms with Crippen molar-refractivity contribution in [3.8, 4) is 5.88 Å². The molecule has 1 heterocycles. The Bertz CT molecular complexity index is 369. The molecule has 0 spiro atoms. The Morgan fingerprint density at radius 2 is 2.00 bits per heavy atom. The third kappa shape index (κ3) is 4.67. The molecule has 108 valence electrons. The molecule has 1 aromatic rings. The summed E-state index contributed by atoms with van der Waals surface area (Å²) in [6.07, 6.45) is 3.72. The second kappa shape index (κ2) is 7.28. The van der Waals surface area contributed by atoms with Gasteiger partial charge in [-0.3, -0.25) is 0 Å². The van der Waals surface area contributed by atoms with Gasteiger partial charge in [-0.1, -0.05) is 13.8 Å². The zero-order chi connectivity index (χ0) is 14.3. The molecule has 0 atom stereocenters. The predicted molar refractivity (Wildman–Crippen MR) is 78.4 cm³/mol. The average Bonchev–Trinajstić information content (AvgIpc) is 2.41. The molecule has 0 aliphatic carbocycles. The van der Waals surface area contributed by atoms with Crippen molar-refractivity contribution < 1.29 is 4.74 Å². The van der Waals surface area contributed by atoms with Gasteiger partial charge in [-0.15, -0.1) is 0 Å². The van der Waals surface area contributed by atoms with E-state index in [0.29, 0.717) is 12.4 Å². The molecule has 0 saturated heterocycles. The monoisotopic (exact) mass is 266 g/mol. The lowest BCUT2D eigenvalue weighted by Gasteiger charge is -2.30. The number of hydrogen-bond donors (Lipinski definition) is 2. The maximum absolute atomic E-state index is 5.89. The van der Waals surface area contributed by atoms with Crippen molar-refractivity contribution in [2.24, 2.45) is 11.1 Å². The van der Waals surface area contributed by atoms with E-state index in [1.54, 1.807) is 0 Å². The molecule has 0 saturated carbocycles. The molecule has 0 amide bonds. The molecule has 0 radical (unpaired) electrons. The van der Waals surface area contributed by atoms with E-state index in [2.05, 4.69) is 29.1 Å². The third-order valence-corrected chi connectivity index (χ3v) is 3.58. The number of anilines is 1. The van der Waals surface area contributed by atoms with E-state index in [-0.39, 0.29) is 11.5 Å². The van der Waals surface area contributed by atoms with Gasteiger partial charge in [-0.2, -0.15) is 0 Å². The summed E-state index contributed by atoms with van der Waals surface area (Å²) in [5.74, 6) is 1.38. The average molecular weight is 266 g/mol. The molecule has 0 aromatic carbocycles. The maximum atomic E-state index is 5.89. The van der Waals surface area contributed by atoms with Crippen molar-refractivity contribution >= 4 is 5.82 Å². The molecule has 0 bridgehead atoms. The zero-order valence-corrected chi connectivity index (χ0v) is 12.4. The number of aromatic nitrogens is 2. The van der Waals surface area contributed by atoms with E-state index in [1.165, 1.54) is 6.33 Å². The molecule has 0 unspecified atom stereocenters. The topological polar surface area (TPSA) is 73.1 Å². The Labute approximate surface area is 116 Å². The van der Waals surface area contributed by atoms with Gasteiger partial charge in [0.15, 0.2) is 0 Å². The Balaban J connectivity index is 2.66. The first-order valence-corrected chi connectivity index (χ1v) is 6.98. The molecule has 0 aliphatic heterocycles. The van der Waals surface area contributed by atoms with E-state index in [0.717, 1.165) is 25.2 Å². The van der Waals surface area contributed by atoms with Crippen LogP contribution in [0.3, 0.4) is 0 Å². The number of ether oxygens (including phenoxy) is 1. The van der Waals surface area contributed by atoms with Crippen LogP contribution in [0.15, 0.2) is 12.4 Å². The van der Waals surface area contributed by atoms with E-state index >= 15 is 0 Å². The summed E-state index contributed by atoms with van der Waals surface area (Å²) in [6, 6.07) is 1.83. The van der Waals surface area contributed by atoms with Crippen LogP contribution in [0.2, 0.25) is 0 Å². The zero-order valence-electron chi connectivity index (χ0n) is 12.4. The van der Waals surface area contributed by atoms with Crippen LogP contribution in [0, 0.1) is 5.41 Å². The van der Waals surface area contributed by atoms with Crippen LogP contribution in [0.1, 0.15) is 40.5 Å². The molecule has 19 heavy (non-hydrogen) atoms. The lowest BCUT2D eigenvalue weighted by atomic mass is 9.82.